The summed E-state index contributed by atoms with van der Waals surface area (Å²) in [4.78, 5) is 4.13. The fourth-order valence-corrected chi connectivity index (χ4v) is 1.42. The minimum absolute atomic E-state index is 0.258. The summed E-state index contributed by atoms with van der Waals surface area (Å²) < 4.78 is 2.56. The Morgan fingerprint density at radius 2 is 1.89 bits per heavy atom. The van der Waals surface area contributed by atoms with Crippen molar-refractivity contribution < 1.29 is 5.11 Å². The maximum atomic E-state index is 9.09. The lowest BCUT2D eigenvalue weighted by molar-refractivity contribution is 0.194. The van der Waals surface area contributed by atoms with Crippen LogP contribution in [0.1, 0.15) is 0 Å². The van der Waals surface area contributed by atoms with Gasteiger partial charge in [0.25, 0.3) is 0 Å². The van der Waals surface area contributed by atoms with Crippen LogP contribution in [-0.2, 0) is 6.73 Å². The van der Waals surface area contributed by atoms with Crippen molar-refractivity contribution in [3.63, 3.8) is 0 Å². The van der Waals surface area contributed by atoms with Crippen molar-refractivity contribution in [2.24, 2.45) is 0 Å². The van der Waals surface area contributed by atoms with Gasteiger partial charge in [-0.05, 0) is 33.0 Å². The lowest BCUT2D eigenvalue weighted by Gasteiger charge is -2.02. The topological polar surface area (TPSA) is 120 Å². The third-order valence-electron chi connectivity index (χ3n) is 2.20. The highest BCUT2D eigenvalue weighted by Crippen LogP contribution is 2.14. The van der Waals surface area contributed by atoms with Crippen molar-refractivity contribution in [1.29, 1.82) is 0 Å². The first-order valence-corrected chi connectivity index (χ1v) is 4.97. The van der Waals surface area contributed by atoms with Gasteiger partial charge in [0.1, 0.15) is 6.73 Å². The second-order valence-corrected chi connectivity index (χ2v) is 3.25. The van der Waals surface area contributed by atoms with Gasteiger partial charge in [-0.2, -0.15) is 9.36 Å². The van der Waals surface area contributed by atoms with Gasteiger partial charge in [-0.25, -0.2) is 4.98 Å². The Morgan fingerprint density at radius 1 is 1.06 bits per heavy atom. The zero-order valence-electron chi connectivity index (χ0n) is 8.99. The number of nitrogens with zero attached hydrogens (tertiary/aromatic N) is 9. The maximum Gasteiger partial charge on any atom is 0.227 e. The smallest absolute Gasteiger partial charge is 0.227 e. The maximum absolute atomic E-state index is 9.09. The standard InChI is InChI=1S/C8H7N9O/c18-5-16-7(10-12-14-16)8-11-13-15-17(8)6-3-1-2-4-9-6/h1-4,18H,5H2. The van der Waals surface area contributed by atoms with Crippen LogP contribution in [0.4, 0.5) is 0 Å². The molecule has 0 atom stereocenters. The summed E-state index contributed by atoms with van der Waals surface area (Å²) in [6.07, 6.45) is 1.62. The molecule has 3 aromatic rings. The van der Waals surface area contributed by atoms with Gasteiger partial charge >= 0.3 is 0 Å². The van der Waals surface area contributed by atoms with Crippen molar-refractivity contribution >= 4 is 0 Å². The second-order valence-electron chi connectivity index (χ2n) is 3.25. The molecule has 10 heteroatoms. The molecule has 0 saturated heterocycles. The highest BCUT2D eigenvalue weighted by Gasteiger charge is 2.17. The number of hydrogen-bond acceptors (Lipinski definition) is 8. The fourth-order valence-electron chi connectivity index (χ4n) is 1.42. The number of tetrazole rings is 2. The lowest BCUT2D eigenvalue weighted by atomic mass is 10.4. The molecule has 10 nitrogen and oxygen atoms in total. The summed E-state index contributed by atoms with van der Waals surface area (Å²) in [6.45, 7) is -0.364. The highest BCUT2D eigenvalue weighted by atomic mass is 16.3. The molecular formula is C8H7N9O. The third-order valence-corrected chi connectivity index (χ3v) is 2.20. The van der Waals surface area contributed by atoms with E-state index in [9.17, 15) is 0 Å². The zero-order valence-corrected chi connectivity index (χ0v) is 8.99. The van der Waals surface area contributed by atoms with E-state index >= 15 is 0 Å². The van der Waals surface area contributed by atoms with Crippen molar-refractivity contribution in [2.45, 2.75) is 6.73 Å². The van der Waals surface area contributed by atoms with E-state index in [1.165, 1.54) is 9.36 Å². The van der Waals surface area contributed by atoms with E-state index in [1.54, 1.807) is 18.3 Å². The largest absolute Gasteiger partial charge is 0.374 e. The van der Waals surface area contributed by atoms with Gasteiger partial charge in [-0.15, -0.1) is 10.2 Å². The van der Waals surface area contributed by atoms with Crippen molar-refractivity contribution in [3.8, 4) is 17.5 Å². The van der Waals surface area contributed by atoms with Crippen LogP contribution >= 0.6 is 0 Å². The molecule has 0 aliphatic carbocycles. The molecule has 3 rings (SSSR count). The number of pyridine rings is 1. The van der Waals surface area contributed by atoms with Crippen LogP contribution in [0.15, 0.2) is 24.4 Å². The normalized spacial score (nSPS) is 10.7. The van der Waals surface area contributed by atoms with Crippen molar-refractivity contribution in [3.05, 3.63) is 24.4 Å². The monoisotopic (exact) mass is 245 g/mol. The van der Waals surface area contributed by atoms with Crippen molar-refractivity contribution in [2.75, 3.05) is 0 Å². The van der Waals surface area contributed by atoms with Gasteiger partial charge in [0.15, 0.2) is 5.82 Å². The first-order valence-electron chi connectivity index (χ1n) is 4.97. The van der Waals surface area contributed by atoms with E-state index in [-0.39, 0.29) is 12.6 Å². The Balaban J connectivity index is 2.13. The van der Waals surface area contributed by atoms with Crippen molar-refractivity contribution in [1.82, 2.24) is 45.4 Å². The molecule has 0 aromatic carbocycles. The zero-order chi connectivity index (χ0) is 12.4. The van der Waals surface area contributed by atoms with Gasteiger partial charge in [0.05, 0.1) is 0 Å². The molecule has 3 heterocycles. The van der Waals surface area contributed by atoms with Crippen LogP contribution in [0.5, 0.6) is 0 Å². The molecule has 3 aromatic heterocycles. The predicted molar refractivity (Wildman–Crippen MR) is 56.0 cm³/mol. The van der Waals surface area contributed by atoms with Gasteiger partial charge in [-0.3, -0.25) is 0 Å². The molecule has 1 N–H and O–H groups in total. The van der Waals surface area contributed by atoms with E-state index in [1.807, 2.05) is 6.07 Å². The molecule has 0 aliphatic heterocycles. The summed E-state index contributed by atoms with van der Waals surface area (Å²) in [5.41, 5.74) is 0. The Bertz CT molecular complexity index is 645. The Morgan fingerprint density at radius 3 is 2.67 bits per heavy atom. The summed E-state index contributed by atoms with van der Waals surface area (Å²) in [5.74, 6) is 1.09. The molecule has 0 saturated carbocycles. The lowest BCUT2D eigenvalue weighted by Crippen LogP contribution is -2.07. The highest BCUT2D eigenvalue weighted by molar-refractivity contribution is 5.45. The molecule has 18 heavy (non-hydrogen) atoms. The van der Waals surface area contributed by atoms with Crippen LogP contribution in [-0.4, -0.2) is 50.5 Å². The molecule has 0 aliphatic rings. The summed E-state index contributed by atoms with van der Waals surface area (Å²) in [5, 5.41) is 31.1. The van der Waals surface area contributed by atoms with Gasteiger partial charge in [0.2, 0.25) is 11.6 Å². The number of aliphatic hydroxyl groups is 1. The Kier molecular flexibility index (Phi) is 2.46. The molecule has 0 fully saturated rings. The molecule has 0 unspecified atom stereocenters. The Hall–Kier alpha value is -2.75. The van der Waals surface area contributed by atoms with Crippen LogP contribution in [0, 0.1) is 0 Å². The Labute approximate surface area is 99.9 Å². The van der Waals surface area contributed by atoms with Crippen LogP contribution in [0.25, 0.3) is 17.5 Å². The molecule has 0 spiro atoms. The molecule has 0 bridgehead atoms. The number of aromatic nitrogens is 9. The number of hydrogen-bond donors (Lipinski definition) is 1. The summed E-state index contributed by atoms with van der Waals surface area (Å²) >= 11 is 0. The number of rotatable bonds is 3. The van der Waals surface area contributed by atoms with E-state index in [0.29, 0.717) is 11.6 Å². The first-order chi connectivity index (χ1) is 8.90. The second kappa shape index (κ2) is 4.25. The van der Waals surface area contributed by atoms with Crippen LogP contribution in [0.2, 0.25) is 0 Å². The SMILES string of the molecule is OCn1nnnc1-c1nnnn1-c1ccccn1. The van der Waals surface area contributed by atoms with Gasteiger partial charge < -0.3 is 5.11 Å². The summed E-state index contributed by atoms with van der Waals surface area (Å²) in [7, 11) is 0. The number of aliphatic hydroxyl groups excluding tert-OH is 1. The van der Waals surface area contributed by atoms with Gasteiger partial charge in [-0.1, -0.05) is 6.07 Å². The average Bonchev–Trinajstić information content (AvgIpc) is 3.07. The van der Waals surface area contributed by atoms with E-state index in [4.69, 9.17) is 5.11 Å². The third kappa shape index (κ3) is 1.60. The van der Waals surface area contributed by atoms with Crippen LogP contribution in [0.3, 0.4) is 0 Å². The molecule has 90 valence electrons. The minimum atomic E-state index is -0.364. The summed E-state index contributed by atoms with van der Waals surface area (Å²) in [6, 6.07) is 5.33. The van der Waals surface area contributed by atoms with E-state index in [2.05, 4.69) is 36.0 Å². The van der Waals surface area contributed by atoms with E-state index in [0.717, 1.165) is 0 Å². The first kappa shape index (κ1) is 10.4. The van der Waals surface area contributed by atoms with Gasteiger partial charge in [0, 0.05) is 6.20 Å². The average molecular weight is 245 g/mol. The molecule has 0 radical (unpaired) electrons. The van der Waals surface area contributed by atoms with Crippen LogP contribution < -0.4 is 0 Å². The molecule has 0 amide bonds. The predicted octanol–water partition coefficient (Wildman–Crippen LogP) is -1.34. The molecular weight excluding hydrogens is 238 g/mol. The quantitative estimate of drug-likeness (QED) is 0.602. The fraction of sp³-hybridized carbons (Fsp3) is 0.125. The minimum Gasteiger partial charge on any atom is -0.374 e. The van der Waals surface area contributed by atoms with E-state index < -0.39 is 0 Å².